The molecule has 0 aliphatic heterocycles. The second-order valence-corrected chi connectivity index (χ2v) is 0. The average molecular weight is 103 g/mol. The zero-order valence-corrected chi connectivity index (χ0v) is 5.88. The van der Waals surface area contributed by atoms with Gasteiger partial charge in [-0.15, -0.1) is 0 Å². The topological polar surface area (TPSA) is 57.0 Å². The van der Waals surface area contributed by atoms with E-state index in [1.54, 1.807) is 0 Å². The van der Waals surface area contributed by atoms with Gasteiger partial charge in [-0.25, -0.2) is 0 Å². The SMILES string of the molecule is [Na].[O-2].[O-2].[Ti+4]. The predicted octanol–water partition coefficient (Wildman–Crippen LogP) is -0.621. The first-order valence-corrected chi connectivity index (χ1v) is 0. The summed E-state index contributed by atoms with van der Waals surface area (Å²) in [7, 11) is 0. The van der Waals surface area contributed by atoms with E-state index in [1.807, 2.05) is 0 Å². The van der Waals surface area contributed by atoms with Gasteiger partial charge in [-0.2, -0.15) is 0 Å². The first kappa shape index (κ1) is 45.3. The Morgan fingerprint density at radius 2 is 0.750 bits per heavy atom. The summed E-state index contributed by atoms with van der Waals surface area (Å²) in [5, 5.41) is 0. The van der Waals surface area contributed by atoms with E-state index in [0.717, 1.165) is 0 Å². The van der Waals surface area contributed by atoms with Crippen LogP contribution in [0.2, 0.25) is 0 Å². The summed E-state index contributed by atoms with van der Waals surface area (Å²) in [5.41, 5.74) is 0. The Morgan fingerprint density at radius 1 is 0.750 bits per heavy atom. The second kappa shape index (κ2) is 22.9. The first-order chi connectivity index (χ1) is 0. The van der Waals surface area contributed by atoms with Gasteiger partial charge in [0.1, 0.15) is 0 Å². The van der Waals surface area contributed by atoms with Gasteiger partial charge in [0.2, 0.25) is 0 Å². The maximum atomic E-state index is 0. The molecule has 0 unspecified atom stereocenters. The molecule has 0 N–H and O–H groups in total. The maximum absolute atomic E-state index is 0. The van der Waals surface area contributed by atoms with Gasteiger partial charge >= 0.3 is 21.7 Å². The summed E-state index contributed by atoms with van der Waals surface area (Å²) in [5.74, 6) is 0. The predicted molar refractivity (Wildman–Crippen MR) is 7.13 cm³/mol. The van der Waals surface area contributed by atoms with Crippen molar-refractivity contribution in [2.75, 3.05) is 0 Å². The van der Waals surface area contributed by atoms with Crippen LogP contribution in [0.3, 0.4) is 0 Å². The van der Waals surface area contributed by atoms with E-state index in [4.69, 9.17) is 0 Å². The van der Waals surface area contributed by atoms with Crippen molar-refractivity contribution in [1.82, 2.24) is 0 Å². The second-order valence-electron chi connectivity index (χ2n) is 0. The molecule has 0 rings (SSSR count). The van der Waals surface area contributed by atoms with E-state index in [0.29, 0.717) is 0 Å². The molecule has 0 aliphatic rings. The van der Waals surface area contributed by atoms with Crippen molar-refractivity contribution < 1.29 is 32.7 Å². The molecule has 0 fully saturated rings. The van der Waals surface area contributed by atoms with Crippen molar-refractivity contribution in [2.24, 2.45) is 0 Å². The molecule has 0 saturated carbocycles. The molecular weight excluding hydrogens is 103 g/mol. The van der Waals surface area contributed by atoms with Gasteiger partial charge in [0.05, 0.1) is 0 Å². The van der Waals surface area contributed by atoms with Crippen LogP contribution in [0.4, 0.5) is 0 Å². The molecule has 0 aromatic rings. The normalized spacial score (nSPS) is 0. The quantitative estimate of drug-likeness (QED) is 0.367. The van der Waals surface area contributed by atoms with Crippen molar-refractivity contribution in [3.63, 3.8) is 0 Å². The van der Waals surface area contributed by atoms with Crippen LogP contribution in [0.15, 0.2) is 0 Å². The van der Waals surface area contributed by atoms with Crippen LogP contribution in [0.1, 0.15) is 0 Å². The van der Waals surface area contributed by atoms with Crippen molar-refractivity contribution in [1.29, 1.82) is 0 Å². The zero-order chi connectivity index (χ0) is 0. The molecule has 1 radical (unpaired) electrons. The van der Waals surface area contributed by atoms with E-state index in [9.17, 15) is 0 Å². The summed E-state index contributed by atoms with van der Waals surface area (Å²) in [6, 6.07) is 0. The number of rotatable bonds is 0. The average Bonchev–Trinajstić information content (AvgIpc) is 0. The Labute approximate surface area is 61.7 Å². The van der Waals surface area contributed by atoms with Gasteiger partial charge in [-0.05, 0) is 0 Å². The third-order valence-electron chi connectivity index (χ3n) is 0. The third kappa shape index (κ3) is 9.44. The Morgan fingerprint density at radius 3 is 0.750 bits per heavy atom. The van der Waals surface area contributed by atoms with Gasteiger partial charge in [-0.1, -0.05) is 0 Å². The molecule has 2 nitrogen and oxygen atoms in total. The molecule has 0 heterocycles. The largest absolute Gasteiger partial charge is 4.00 e. The van der Waals surface area contributed by atoms with Gasteiger partial charge < -0.3 is 11.0 Å². The molecule has 4 heavy (non-hydrogen) atoms. The van der Waals surface area contributed by atoms with Crippen molar-refractivity contribution in [2.45, 2.75) is 0 Å². The summed E-state index contributed by atoms with van der Waals surface area (Å²) in [6.45, 7) is 0. The van der Waals surface area contributed by atoms with Gasteiger partial charge in [0.15, 0.2) is 0 Å². The van der Waals surface area contributed by atoms with E-state index < -0.39 is 0 Å². The van der Waals surface area contributed by atoms with Crippen molar-refractivity contribution in [3.05, 3.63) is 0 Å². The van der Waals surface area contributed by atoms with E-state index in [1.165, 1.54) is 0 Å². The molecule has 0 aromatic carbocycles. The van der Waals surface area contributed by atoms with E-state index in [-0.39, 0.29) is 62.2 Å². The molecule has 0 bridgehead atoms. The minimum atomic E-state index is 0. The Hall–Kier alpha value is 1.63. The molecule has 0 spiro atoms. The smallest absolute Gasteiger partial charge is 2.00 e. The van der Waals surface area contributed by atoms with Crippen molar-refractivity contribution >= 4 is 29.6 Å². The van der Waals surface area contributed by atoms with Crippen LogP contribution < -0.4 is 0 Å². The molecule has 0 amide bonds. The Balaban J connectivity index is 0. The molecule has 4 heteroatoms. The molecular formula is NaO2Ti. The fourth-order valence-corrected chi connectivity index (χ4v) is 0. The molecule has 0 aromatic heterocycles. The van der Waals surface area contributed by atoms with Crippen molar-refractivity contribution in [3.8, 4) is 0 Å². The molecule has 17 valence electrons. The molecule has 0 aliphatic carbocycles. The minimum absolute atomic E-state index is 0. The maximum Gasteiger partial charge on any atom is 4.00 e. The van der Waals surface area contributed by atoms with Gasteiger partial charge in [-0.3, -0.25) is 0 Å². The Kier molecular flexibility index (Phi) is 260. The zero-order valence-electron chi connectivity index (χ0n) is 2.32. The third-order valence-corrected chi connectivity index (χ3v) is 0. The fraction of sp³-hybridized carbons (Fsp3) is 0. The molecule has 0 atom stereocenters. The summed E-state index contributed by atoms with van der Waals surface area (Å²) < 4.78 is 0. The van der Waals surface area contributed by atoms with Gasteiger partial charge in [0.25, 0.3) is 0 Å². The van der Waals surface area contributed by atoms with Crippen LogP contribution in [0.25, 0.3) is 0 Å². The minimum Gasteiger partial charge on any atom is -2.00 e. The summed E-state index contributed by atoms with van der Waals surface area (Å²) in [4.78, 5) is 0. The van der Waals surface area contributed by atoms with Crippen LogP contribution in [0, 0.1) is 0 Å². The van der Waals surface area contributed by atoms with E-state index >= 15 is 0 Å². The Bertz CT molecular complexity index is 6.00. The summed E-state index contributed by atoms with van der Waals surface area (Å²) >= 11 is 0. The van der Waals surface area contributed by atoms with Crippen LogP contribution in [0.5, 0.6) is 0 Å². The number of hydrogen-bond acceptors (Lipinski definition) is 0. The van der Waals surface area contributed by atoms with Gasteiger partial charge in [0, 0.05) is 29.6 Å². The van der Waals surface area contributed by atoms with E-state index in [2.05, 4.69) is 0 Å². The first-order valence-electron chi connectivity index (χ1n) is 0. The van der Waals surface area contributed by atoms with Crippen LogP contribution in [-0.4, -0.2) is 29.6 Å². The monoisotopic (exact) mass is 103 g/mol. The van der Waals surface area contributed by atoms with Crippen LogP contribution >= 0.6 is 0 Å². The summed E-state index contributed by atoms with van der Waals surface area (Å²) in [6.07, 6.45) is 0. The standard InChI is InChI=1S/Na.2O.Ti/q;2*-2;+4. The number of hydrogen-bond donors (Lipinski definition) is 0. The van der Waals surface area contributed by atoms with Crippen LogP contribution in [-0.2, 0) is 32.7 Å². The molecule has 0 saturated heterocycles. The fourth-order valence-electron chi connectivity index (χ4n) is 0.